The van der Waals surface area contributed by atoms with Crippen LogP contribution >= 0.6 is 0 Å². The Hall–Kier alpha value is -2.50. The predicted molar refractivity (Wildman–Crippen MR) is 180 cm³/mol. The molecule has 0 aromatic heterocycles. The highest BCUT2D eigenvalue weighted by Crippen LogP contribution is 2.34. The quantitative estimate of drug-likeness (QED) is 0.0801. The largest absolute Gasteiger partial charge is 0.398 e. The van der Waals surface area contributed by atoms with Crippen LogP contribution in [0, 0.1) is 11.8 Å². The third-order valence-electron chi connectivity index (χ3n) is 9.81. The summed E-state index contributed by atoms with van der Waals surface area (Å²) >= 11 is 0. The van der Waals surface area contributed by atoms with Crippen LogP contribution in [0.25, 0.3) is 5.70 Å². The standard InChI is InChI=1S/C36H52N4O9/c1-2-3-9-28(37)25-12-10-24(11-13-25)19-40(39-36(43)49-32-22-47-34-27(32)15-17-45-34)20-30(41)29(18-23-7-5-4-6-8-23)38-35(42)48-31-21-46-33-26(31)14-16-44-33/h2-5,7,9-13,26-27,29-36,38-39,41-43H,6,8,14-22,37H2,1H3/b3-2-,28-9-. The van der Waals surface area contributed by atoms with Gasteiger partial charge in [-0.2, -0.15) is 0 Å². The van der Waals surface area contributed by atoms with Crippen molar-refractivity contribution in [3.8, 4) is 0 Å². The minimum absolute atomic E-state index is 0.0494. The maximum absolute atomic E-state index is 11.8. The third kappa shape index (κ3) is 9.85. The summed E-state index contributed by atoms with van der Waals surface area (Å²) in [6, 6.07) is 7.22. The molecule has 0 bridgehead atoms. The summed E-state index contributed by atoms with van der Waals surface area (Å²) in [7, 11) is 0. The van der Waals surface area contributed by atoms with Crippen molar-refractivity contribution in [2.45, 2.75) is 95.3 Å². The first-order chi connectivity index (χ1) is 23.9. The van der Waals surface area contributed by atoms with Crippen molar-refractivity contribution in [2.24, 2.45) is 17.6 Å². The Morgan fingerprint density at radius 3 is 2.29 bits per heavy atom. The third-order valence-corrected chi connectivity index (χ3v) is 9.81. The molecule has 1 aliphatic carbocycles. The SMILES string of the molecule is C/C=C\C=C(/N)c1ccc(CN(CC(O)C(CC2=CC=CCC2)NC(O)OC2COC3OCCC23)NC(O)OC2COC3OCCC23)cc1. The molecule has 0 amide bonds. The second-order valence-corrected chi connectivity index (χ2v) is 13.3. The lowest BCUT2D eigenvalue weighted by atomic mass is 9.95. The van der Waals surface area contributed by atoms with Crippen LogP contribution in [0.2, 0.25) is 0 Å². The molecule has 1 aromatic rings. The smallest absolute Gasteiger partial charge is 0.226 e. The van der Waals surface area contributed by atoms with Crippen LogP contribution in [-0.4, -0.2) is 103 Å². The molecule has 4 aliphatic heterocycles. The lowest BCUT2D eigenvalue weighted by Crippen LogP contribution is -2.55. The van der Waals surface area contributed by atoms with Gasteiger partial charge in [0.05, 0.1) is 44.7 Å². The minimum atomic E-state index is -1.37. The average molecular weight is 685 g/mol. The van der Waals surface area contributed by atoms with Crippen LogP contribution < -0.4 is 16.5 Å². The van der Waals surface area contributed by atoms with Crippen LogP contribution in [0.15, 0.2) is 66.3 Å². The van der Waals surface area contributed by atoms with E-state index < -0.39 is 25.0 Å². The van der Waals surface area contributed by atoms with Crippen molar-refractivity contribution in [3.05, 3.63) is 77.4 Å². The van der Waals surface area contributed by atoms with Gasteiger partial charge in [-0.1, -0.05) is 60.2 Å². The van der Waals surface area contributed by atoms with Gasteiger partial charge in [0.15, 0.2) is 12.6 Å². The first kappa shape index (κ1) is 36.3. The molecule has 4 fully saturated rings. The lowest BCUT2D eigenvalue weighted by Gasteiger charge is -2.34. The number of fused-ring (bicyclic) bond motifs is 2. The van der Waals surface area contributed by atoms with Gasteiger partial charge in [-0.3, -0.25) is 5.32 Å². The highest BCUT2D eigenvalue weighted by Gasteiger charge is 2.44. The molecule has 13 heteroatoms. The molecule has 1 aromatic carbocycles. The zero-order valence-corrected chi connectivity index (χ0v) is 28.1. The molecule has 0 saturated carbocycles. The first-order valence-electron chi connectivity index (χ1n) is 17.5. The van der Waals surface area contributed by atoms with Crippen LogP contribution in [0.1, 0.15) is 50.2 Å². The molecule has 0 spiro atoms. The van der Waals surface area contributed by atoms with E-state index in [0.717, 1.165) is 42.4 Å². The zero-order valence-electron chi connectivity index (χ0n) is 28.1. The Kier molecular flexibility index (Phi) is 13.1. The molecule has 10 unspecified atom stereocenters. The number of nitrogens with zero attached hydrogens (tertiary/aromatic N) is 1. The van der Waals surface area contributed by atoms with Gasteiger partial charge in [-0.25, -0.2) is 10.4 Å². The molecular weight excluding hydrogens is 632 g/mol. The second-order valence-electron chi connectivity index (χ2n) is 13.3. The Morgan fingerprint density at radius 1 is 0.980 bits per heavy atom. The van der Waals surface area contributed by atoms with Crippen LogP contribution in [0.4, 0.5) is 0 Å². The Bertz CT molecular complexity index is 1320. The lowest BCUT2D eigenvalue weighted by molar-refractivity contribution is -0.195. The van der Waals surface area contributed by atoms with Crippen molar-refractivity contribution < 1.29 is 43.7 Å². The summed E-state index contributed by atoms with van der Waals surface area (Å²) in [5.41, 5.74) is 12.9. The normalized spacial score (nSPS) is 30.9. The predicted octanol–water partition coefficient (Wildman–Crippen LogP) is 1.96. The van der Waals surface area contributed by atoms with E-state index in [9.17, 15) is 15.3 Å². The Balaban J connectivity index is 1.14. The number of hydrazine groups is 1. The zero-order chi connectivity index (χ0) is 34.2. The number of ether oxygens (including phenoxy) is 6. The van der Waals surface area contributed by atoms with E-state index in [1.165, 1.54) is 0 Å². The molecule has 6 rings (SSSR count). The van der Waals surface area contributed by atoms with Crippen LogP contribution in [0.5, 0.6) is 0 Å². The number of hydrogen-bond donors (Lipinski definition) is 6. The number of allylic oxidation sites excluding steroid dienone is 6. The fraction of sp³-hybridized carbons (Fsp3) is 0.611. The van der Waals surface area contributed by atoms with E-state index in [4.69, 9.17) is 34.2 Å². The average Bonchev–Trinajstić information content (AvgIpc) is 3.90. The number of aliphatic hydroxyl groups excluding tert-OH is 3. The van der Waals surface area contributed by atoms with E-state index >= 15 is 0 Å². The summed E-state index contributed by atoms with van der Waals surface area (Å²) in [6.07, 6.45) is 10.8. The highest BCUT2D eigenvalue weighted by molar-refractivity contribution is 5.64. The summed E-state index contributed by atoms with van der Waals surface area (Å²) in [5, 5.41) is 38.8. The monoisotopic (exact) mass is 684 g/mol. The summed E-state index contributed by atoms with van der Waals surface area (Å²) in [4.78, 5) is 0. The summed E-state index contributed by atoms with van der Waals surface area (Å²) in [5.74, 6) is 0.109. The maximum Gasteiger partial charge on any atom is 0.226 e. The fourth-order valence-electron chi connectivity index (χ4n) is 7.12. The van der Waals surface area contributed by atoms with Gasteiger partial charge in [0.1, 0.15) is 0 Å². The van der Waals surface area contributed by atoms with Crippen molar-refractivity contribution in [1.29, 1.82) is 0 Å². The van der Waals surface area contributed by atoms with Crippen molar-refractivity contribution in [2.75, 3.05) is 33.0 Å². The fourth-order valence-corrected chi connectivity index (χ4v) is 7.12. The van der Waals surface area contributed by atoms with Gasteiger partial charge in [0.2, 0.25) is 12.8 Å². The molecule has 49 heavy (non-hydrogen) atoms. The van der Waals surface area contributed by atoms with Gasteiger partial charge in [0, 0.05) is 36.7 Å². The van der Waals surface area contributed by atoms with Crippen molar-refractivity contribution in [1.82, 2.24) is 15.8 Å². The molecule has 7 N–H and O–H groups in total. The van der Waals surface area contributed by atoms with Gasteiger partial charge < -0.3 is 49.5 Å². The van der Waals surface area contributed by atoms with E-state index in [2.05, 4.69) is 22.9 Å². The number of nitrogens with one attached hydrogen (secondary N) is 2. The van der Waals surface area contributed by atoms with E-state index in [0.29, 0.717) is 45.1 Å². The molecule has 10 atom stereocenters. The maximum atomic E-state index is 11.8. The molecule has 4 heterocycles. The Labute approximate surface area is 288 Å². The molecular formula is C36H52N4O9. The molecule has 5 aliphatic rings. The molecule has 0 radical (unpaired) electrons. The Morgan fingerprint density at radius 2 is 1.65 bits per heavy atom. The summed E-state index contributed by atoms with van der Waals surface area (Å²) < 4.78 is 34.6. The number of benzene rings is 1. The van der Waals surface area contributed by atoms with Gasteiger partial charge in [-0.15, -0.1) is 0 Å². The van der Waals surface area contributed by atoms with E-state index in [-0.39, 0.29) is 43.2 Å². The van der Waals surface area contributed by atoms with Crippen LogP contribution in [-0.2, 0) is 35.0 Å². The van der Waals surface area contributed by atoms with Gasteiger partial charge >= 0.3 is 0 Å². The number of hydrogen-bond acceptors (Lipinski definition) is 13. The van der Waals surface area contributed by atoms with Crippen molar-refractivity contribution in [3.63, 3.8) is 0 Å². The van der Waals surface area contributed by atoms with Gasteiger partial charge in [0.25, 0.3) is 0 Å². The molecule has 4 saturated heterocycles. The highest BCUT2D eigenvalue weighted by atomic mass is 16.7. The number of nitrogens with two attached hydrogens (primary N) is 1. The van der Waals surface area contributed by atoms with Gasteiger partial charge in [-0.05, 0) is 56.2 Å². The van der Waals surface area contributed by atoms with Crippen LogP contribution in [0.3, 0.4) is 0 Å². The van der Waals surface area contributed by atoms with E-state index in [1.54, 1.807) is 5.01 Å². The molecule has 270 valence electrons. The second kappa shape index (κ2) is 17.6. The number of rotatable bonds is 17. The topological polar surface area (TPSA) is 169 Å². The molecule has 13 nitrogen and oxygen atoms in total. The minimum Gasteiger partial charge on any atom is -0.398 e. The first-order valence-corrected chi connectivity index (χ1v) is 17.5. The van der Waals surface area contributed by atoms with E-state index in [1.807, 2.05) is 55.5 Å². The summed E-state index contributed by atoms with van der Waals surface area (Å²) in [6.45, 7) is 4.21. The van der Waals surface area contributed by atoms with Crippen molar-refractivity contribution >= 4 is 5.70 Å². The number of aliphatic hydroxyl groups is 3.